The maximum atomic E-state index is 8.54. The fraction of sp³-hybridized carbons (Fsp3) is 0.567. The Bertz CT molecular complexity index is 745. The highest BCUT2D eigenvalue weighted by Gasteiger charge is 2.22. The van der Waals surface area contributed by atoms with Gasteiger partial charge in [-0.2, -0.15) is 5.26 Å². The molecule has 1 aromatic rings. The number of hydrogen-bond acceptors (Lipinski definition) is 1. The van der Waals surface area contributed by atoms with E-state index in [1.54, 1.807) is 11.6 Å². The Kier molecular flexibility index (Phi) is 10.2. The second-order valence-electron chi connectivity index (χ2n) is 9.74. The van der Waals surface area contributed by atoms with Gasteiger partial charge in [0.2, 0.25) is 0 Å². The van der Waals surface area contributed by atoms with Crippen LogP contribution in [0.25, 0.3) is 0 Å². The van der Waals surface area contributed by atoms with Crippen LogP contribution in [0, 0.1) is 29.1 Å². The molecule has 1 heteroatoms. The summed E-state index contributed by atoms with van der Waals surface area (Å²) in [6, 6.07) is 11.6. The molecule has 0 N–H and O–H groups in total. The largest absolute Gasteiger partial charge is 0.193 e. The standard InChI is InChI=1S/C30H41N/c1-2-3-5-8-26-16-20-29(21-17-26)30-22-18-28(19-23-30)15-14-27-12-10-25(11-13-27)9-6-4-7-24-31/h4,6-7,9,14-17,20-21,25,27-28,30H,2-3,5,8,10-13,18-19,22-23H2,1H3. The van der Waals surface area contributed by atoms with Crippen LogP contribution in [0.5, 0.6) is 0 Å². The number of nitrogens with zero attached hydrogens (tertiary/aromatic N) is 1. The van der Waals surface area contributed by atoms with Gasteiger partial charge in [-0.15, -0.1) is 0 Å². The molecule has 1 nitrogen and oxygen atoms in total. The number of benzene rings is 1. The SMILES string of the molecule is CCCCCc1ccc(C2CCC(C=CC3CCC(C=CC=CC#N)CC3)CC2)cc1. The lowest BCUT2D eigenvalue weighted by Crippen LogP contribution is -2.14. The van der Waals surface area contributed by atoms with Gasteiger partial charge in [-0.1, -0.05) is 74.4 Å². The molecule has 166 valence electrons. The topological polar surface area (TPSA) is 23.8 Å². The van der Waals surface area contributed by atoms with E-state index in [9.17, 15) is 0 Å². The van der Waals surface area contributed by atoms with Crippen LogP contribution in [0.2, 0.25) is 0 Å². The van der Waals surface area contributed by atoms with Crippen LogP contribution in [0.3, 0.4) is 0 Å². The van der Waals surface area contributed by atoms with Crippen LogP contribution < -0.4 is 0 Å². The lowest BCUT2D eigenvalue weighted by molar-refractivity contribution is 0.348. The number of rotatable bonds is 9. The molecular formula is C30H41N. The Labute approximate surface area is 191 Å². The third-order valence-corrected chi connectivity index (χ3v) is 7.43. The van der Waals surface area contributed by atoms with Gasteiger partial charge >= 0.3 is 0 Å². The summed E-state index contributed by atoms with van der Waals surface area (Å²) in [6.45, 7) is 2.27. The van der Waals surface area contributed by atoms with Crippen LogP contribution >= 0.6 is 0 Å². The lowest BCUT2D eigenvalue weighted by Gasteiger charge is -2.28. The summed E-state index contributed by atoms with van der Waals surface area (Å²) in [5.41, 5.74) is 3.08. The molecule has 0 saturated heterocycles. The van der Waals surface area contributed by atoms with Crippen molar-refractivity contribution in [1.29, 1.82) is 5.26 Å². The van der Waals surface area contributed by atoms with Crippen LogP contribution in [0.15, 0.2) is 60.7 Å². The Morgan fingerprint density at radius 3 is 1.94 bits per heavy atom. The van der Waals surface area contributed by atoms with Gasteiger partial charge in [0.05, 0.1) is 6.07 Å². The van der Waals surface area contributed by atoms with E-state index < -0.39 is 0 Å². The predicted octanol–water partition coefficient (Wildman–Crippen LogP) is 8.69. The molecule has 0 bridgehead atoms. The van der Waals surface area contributed by atoms with Gasteiger partial charge < -0.3 is 0 Å². The van der Waals surface area contributed by atoms with Crippen molar-refractivity contribution in [3.05, 3.63) is 71.8 Å². The van der Waals surface area contributed by atoms with Gasteiger partial charge in [-0.25, -0.2) is 0 Å². The van der Waals surface area contributed by atoms with Crippen molar-refractivity contribution in [2.75, 3.05) is 0 Å². The zero-order chi connectivity index (χ0) is 21.7. The normalized spacial score (nSPS) is 27.2. The predicted molar refractivity (Wildman–Crippen MR) is 133 cm³/mol. The second-order valence-corrected chi connectivity index (χ2v) is 9.74. The van der Waals surface area contributed by atoms with Crippen molar-refractivity contribution >= 4 is 0 Å². The van der Waals surface area contributed by atoms with E-state index in [-0.39, 0.29) is 0 Å². The molecule has 0 atom stereocenters. The minimum Gasteiger partial charge on any atom is -0.193 e. The van der Waals surface area contributed by atoms with Crippen LogP contribution in [-0.2, 0) is 6.42 Å². The summed E-state index contributed by atoms with van der Waals surface area (Å²) in [6.07, 6.45) is 28.6. The molecule has 0 radical (unpaired) electrons. The minimum atomic E-state index is 0.696. The zero-order valence-electron chi connectivity index (χ0n) is 19.5. The first kappa shape index (κ1) is 23.6. The Hall–Kier alpha value is -2.07. The quantitative estimate of drug-likeness (QED) is 0.171. The van der Waals surface area contributed by atoms with Crippen molar-refractivity contribution in [2.45, 2.75) is 89.9 Å². The molecule has 31 heavy (non-hydrogen) atoms. The molecule has 2 aliphatic rings. The maximum absolute atomic E-state index is 8.54. The van der Waals surface area contributed by atoms with E-state index in [1.165, 1.54) is 82.6 Å². The zero-order valence-corrected chi connectivity index (χ0v) is 19.5. The summed E-state index contributed by atoms with van der Waals surface area (Å²) in [7, 11) is 0. The van der Waals surface area contributed by atoms with Gasteiger partial charge in [0, 0.05) is 6.08 Å². The van der Waals surface area contributed by atoms with Gasteiger partial charge in [0.25, 0.3) is 0 Å². The average Bonchev–Trinajstić information content (AvgIpc) is 2.82. The fourth-order valence-electron chi connectivity index (χ4n) is 5.34. The number of unbranched alkanes of at least 4 members (excludes halogenated alkanes) is 2. The number of aryl methyl sites for hydroxylation is 1. The average molecular weight is 416 g/mol. The smallest absolute Gasteiger partial charge is 0.0912 e. The molecule has 0 unspecified atom stereocenters. The molecule has 0 aromatic heterocycles. The number of nitriles is 1. The molecule has 2 saturated carbocycles. The van der Waals surface area contributed by atoms with E-state index in [4.69, 9.17) is 5.26 Å². The Morgan fingerprint density at radius 1 is 0.774 bits per heavy atom. The summed E-state index contributed by atoms with van der Waals surface area (Å²) in [5, 5.41) is 8.54. The molecule has 2 aliphatic carbocycles. The molecule has 3 rings (SSSR count). The molecule has 1 aromatic carbocycles. The van der Waals surface area contributed by atoms with Crippen molar-refractivity contribution in [3.8, 4) is 6.07 Å². The van der Waals surface area contributed by atoms with E-state index in [0.717, 1.165) is 17.8 Å². The lowest BCUT2D eigenvalue weighted by atomic mass is 9.77. The van der Waals surface area contributed by atoms with E-state index in [1.807, 2.05) is 18.2 Å². The van der Waals surface area contributed by atoms with Crippen molar-refractivity contribution < 1.29 is 0 Å². The second kappa shape index (κ2) is 13.4. The first-order valence-electron chi connectivity index (χ1n) is 12.8. The number of allylic oxidation sites excluding steroid dienone is 6. The minimum absolute atomic E-state index is 0.696. The van der Waals surface area contributed by atoms with E-state index in [0.29, 0.717) is 5.92 Å². The molecule has 0 aliphatic heterocycles. The van der Waals surface area contributed by atoms with Crippen molar-refractivity contribution in [1.82, 2.24) is 0 Å². The molecule has 0 spiro atoms. The van der Waals surface area contributed by atoms with Gasteiger partial charge in [0.15, 0.2) is 0 Å². The summed E-state index contributed by atoms with van der Waals surface area (Å²) < 4.78 is 0. The Balaban J connectivity index is 1.36. The third kappa shape index (κ3) is 8.17. The fourth-order valence-corrected chi connectivity index (χ4v) is 5.34. The number of hydrogen-bond donors (Lipinski definition) is 0. The van der Waals surface area contributed by atoms with Crippen molar-refractivity contribution in [2.24, 2.45) is 17.8 Å². The summed E-state index contributed by atoms with van der Waals surface area (Å²) in [5.74, 6) is 3.03. The highest BCUT2D eigenvalue weighted by atomic mass is 14.3. The van der Waals surface area contributed by atoms with E-state index >= 15 is 0 Å². The van der Waals surface area contributed by atoms with Gasteiger partial charge in [0.1, 0.15) is 0 Å². The summed E-state index contributed by atoms with van der Waals surface area (Å²) in [4.78, 5) is 0. The van der Waals surface area contributed by atoms with Crippen LogP contribution in [0.1, 0.15) is 94.6 Å². The van der Waals surface area contributed by atoms with Crippen LogP contribution in [0.4, 0.5) is 0 Å². The van der Waals surface area contributed by atoms with Crippen LogP contribution in [-0.4, -0.2) is 0 Å². The molecule has 0 heterocycles. The monoisotopic (exact) mass is 415 g/mol. The van der Waals surface area contributed by atoms with E-state index in [2.05, 4.69) is 49.4 Å². The highest BCUT2D eigenvalue weighted by molar-refractivity contribution is 5.26. The first-order valence-corrected chi connectivity index (χ1v) is 12.8. The highest BCUT2D eigenvalue weighted by Crippen LogP contribution is 2.37. The van der Waals surface area contributed by atoms with Gasteiger partial charge in [-0.3, -0.25) is 0 Å². The van der Waals surface area contributed by atoms with Gasteiger partial charge in [-0.05, 0) is 99.0 Å². The van der Waals surface area contributed by atoms with Crippen molar-refractivity contribution in [3.63, 3.8) is 0 Å². The third-order valence-electron chi connectivity index (χ3n) is 7.43. The first-order chi connectivity index (χ1) is 15.3. The maximum Gasteiger partial charge on any atom is 0.0912 e. The Morgan fingerprint density at radius 2 is 1.35 bits per heavy atom. The summed E-state index contributed by atoms with van der Waals surface area (Å²) >= 11 is 0. The molecular weight excluding hydrogens is 374 g/mol. The molecule has 2 fully saturated rings. The molecule has 0 amide bonds.